The van der Waals surface area contributed by atoms with Crippen molar-refractivity contribution < 1.29 is 130 Å². The van der Waals surface area contributed by atoms with Crippen molar-refractivity contribution in [3.63, 3.8) is 0 Å². The van der Waals surface area contributed by atoms with E-state index in [-0.39, 0.29) is 169 Å². The fourth-order valence-corrected chi connectivity index (χ4v) is 14.9. The molecular weight excluding hydrogens is 2010 g/mol. The van der Waals surface area contributed by atoms with E-state index in [0.717, 1.165) is 22.0 Å². The number of primary amides is 4. The molecule has 12 amide bonds. The van der Waals surface area contributed by atoms with Crippen molar-refractivity contribution in [3.8, 4) is 11.3 Å². The second-order valence-electron chi connectivity index (χ2n) is 33.6. The molecule has 4 unspecified atom stereocenters. The molecule has 0 radical (unpaired) electrons. The Bertz CT molecular complexity index is 4390. The van der Waals surface area contributed by atoms with Gasteiger partial charge in [-0.2, -0.15) is 0 Å². The number of nitrogens with two attached hydrogens (primary N) is 4. The largest absolute Gasteiger partial charge is 0.481 e. The maximum atomic E-state index is 13.7. The molecule has 1 aliphatic rings. The highest BCUT2D eigenvalue weighted by Gasteiger charge is 2.29. The van der Waals surface area contributed by atoms with Crippen molar-refractivity contribution in [1.29, 1.82) is 0 Å². The number of carbonyl (C=O) groups is 13. The summed E-state index contributed by atoms with van der Waals surface area (Å²) in [7, 11) is 0. The van der Waals surface area contributed by atoms with Crippen LogP contribution in [0.3, 0.4) is 0 Å². The average Bonchev–Trinajstić information content (AvgIpc) is 1.67. The minimum absolute atomic E-state index is 0.00150. The normalized spacial score (nSPS) is 14.0. The number of carboxylic acids is 3. The fourth-order valence-electron chi connectivity index (χ4n) is 14.4. The third-order valence-corrected chi connectivity index (χ3v) is 22.7. The van der Waals surface area contributed by atoms with E-state index in [4.69, 9.17) is 92.4 Å². The second-order valence-corrected chi connectivity index (χ2v) is 35.3. The van der Waals surface area contributed by atoms with Crippen molar-refractivity contribution in [2.45, 2.75) is 140 Å². The number of aryl methyl sites for hydroxylation is 1. The molecule has 5 rings (SSSR count). The lowest BCUT2D eigenvalue weighted by molar-refractivity contribution is -0.142. The summed E-state index contributed by atoms with van der Waals surface area (Å²) in [6.45, 7) is 9.95. The van der Waals surface area contributed by atoms with Gasteiger partial charge in [-0.15, -0.1) is 5.10 Å². The maximum Gasteiger partial charge on any atom is 0.326 e. The molecule has 21 N–H and O–H groups in total. The van der Waals surface area contributed by atoms with Crippen LogP contribution in [-0.2, 0) is 124 Å². The van der Waals surface area contributed by atoms with E-state index in [1.54, 1.807) is 29.1 Å². The van der Waals surface area contributed by atoms with Crippen molar-refractivity contribution in [2.75, 3.05) is 261 Å². The number of urea groups is 2. The van der Waals surface area contributed by atoms with Crippen LogP contribution < -0.4 is 76.1 Å². The Morgan fingerprint density at radius 3 is 1.38 bits per heavy atom. The van der Waals surface area contributed by atoms with Crippen LogP contribution in [0.2, 0.25) is 0 Å². The first-order valence-electron chi connectivity index (χ1n) is 48.7. The van der Waals surface area contributed by atoms with Crippen LogP contribution in [0.15, 0.2) is 79.0 Å². The Hall–Kier alpha value is -10.7. The number of nitrogens with one attached hydrogen (secondary N) is 10. The van der Waals surface area contributed by atoms with Gasteiger partial charge in [-0.25, -0.2) is 23.9 Å². The van der Waals surface area contributed by atoms with Gasteiger partial charge in [0, 0.05) is 131 Å². The van der Waals surface area contributed by atoms with Crippen LogP contribution in [0.4, 0.5) is 21.0 Å². The number of hydrogen-bond donors (Lipinski definition) is 17. The lowest BCUT2D eigenvalue weighted by atomic mass is 10.0. The number of carbonyl (C=O) groups excluding carboxylic acids is 10. The zero-order chi connectivity index (χ0) is 104. The smallest absolute Gasteiger partial charge is 0.326 e. The Morgan fingerprint density at radius 2 is 0.854 bits per heavy atom. The lowest BCUT2D eigenvalue weighted by Gasteiger charge is -2.38. The molecule has 0 aliphatic carbocycles. The van der Waals surface area contributed by atoms with E-state index < -0.39 is 89.4 Å². The monoisotopic (exact) mass is 2160 g/mol. The summed E-state index contributed by atoms with van der Waals surface area (Å²) >= 11 is 7.93. The van der Waals surface area contributed by atoms with Crippen molar-refractivity contribution >= 4 is 129 Å². The van der Waals surface area contributed by atoms with Gasteiger partial charge in [-0.1, -0.05) is 41.6 Å². The zero-order valence-electron chi connectivity index (χ0n) is 82.3. The lowest BCUT2D eigenvalue weighted by Crippen LogP contribution is -2.54. The van der Waals surface area contributed by atoms with Gasteiger partial charge in [-0.3, -0.25) is 62.8 Å². The van der Waals surface area contributed by atoms with Crippen molar-refractivity contribution in [3.05, 3.63) is 93.7 Å². The second kappa shape index (κ2) is 77.8. The summed E-state index contributed by atoms with van der Waals surface area (Å²) < 4.78 is 64.6. The van der Waals surface area contributed by atoms with E-state index >= 15 is 0 Å². The van der Waals surface area contributed by atoms with Gasteiger partial charge in [0.2, 0.25) is 47.3 Å². The minimum Gasteiger partial charge on any atom is -0.481 e. The average molecular weight is 2170 g/mol. The summed E-state index contributed by atoms with van der Waals surface area (Å²) in [5.74, 6) is -6.81. The van der Waals surface area contributed by atoms with Gasteiger partial charge in [0.05, 0.1) is 184 Å². The standard InChI is InChI=1S/C94H150IN21O27S/c95-73-22-18-70(19-23-73)10-7-16-85(121)100-28-4-2-14-78(90(127)128)108-87(123)27-41-134-45-49-138-52-54-140-56-58-142-60-61-143-59-57-141-55-53-139-50-46-135-42-32-101-89(126)77(13-1-6-30-104-94(144)106-74-24-20-71(21-25-74)62-76-64-114(68-83(98)119)36-35-112(66-81(96)117)33-34-113(67-82(97)118)37-38-115(76)69-84(99)120)107-86(122)26-40-133-44-48-137-51-47-136-43-39-116-65-80(110-111-116)72-11-8-12-75(63-72)105-92(131)102-29-5-3-15-79(91(129)130)109-93(132)103-31-9-17-88(124)125/h8,11-12,18-25,63,65,76-79H,1-7,9-10,13-17,26-62,64,66-69H2,(H2,96,117)(H2,97,118)(H2,98,119)(H2,99,120)(H,100,121)(H,101,126)(H,107,122)(H,108,123)(H,124,125)(H,127,128)(H,129,130)(H2,102,105,131)(H2,103,109,132)(H2,104,106,144). The van der Waals surface area contributed by atoms with E-state index in [1.807, 2.05) is 62.1 Å². The van der Waals surface area contributed by atoms with Crippen molar-refractivity contribution in [1.82, 2.24) is 77.1 Å². The number of aromatic nitrogens is 3. The number of aliphatic carboxylic acids is 3. The molecule has 144 heavy (non-hydrogen) atoms. The number of amides is 12. The first-order valence-corrected chi connectivity index (χ1v) is 50.2. The van der Waals surface area contributed by atoms with Gasteiger partial charge in [0.15, 0.2) is 5.11 Å². The molecule has 0 saturated carbocycles. The Balaban J connectivity index is 0.943. The molecule has 1 saturated heterocycles. The summed E-state index contributed by atoms with van der Waals surface area (Å²) in [5.41, 5.74) is 27.2. The number of unbranched alkanes of at least 4 members (excludes halogenated alkanes) is 3. The number of carboxylic acid groups (broad SMARTS) is 3. The fraction of sp³-hybridized carbons (Fsp3) is 0.638. The number of halogens is 1. The first-order chi connectivity index (χ1) is 69.5. The van der Waals surface area contributed by atoms with Gasteiger partial charge >= 0.3 is 30.0 Å². The van der Waals surface area contributed by atoms with Gasteiger partial charge in [0.25, 0.3) is 0 Å². The molecule has 4 aromatic rings. The zero-order valence-corrected chi connectivity index (χ0v) is 85.3. The maximum absolute atomic E-state index is 13.7. The van der Waals surface area contributed by atoms with Crippen LogP contribution >= 0.6 is 34.8 Å². The van der Waals surface area contributed by atoms with Crippen LogP contribution in [0.25, 0.3) is 11.3 Å². The summed E-state index contributed by atoms with van der Waals surface area (Å²) in [6, 6.07) is 18.1. The highest BCUT2D eigenvalue weighted by Crippen LogP contribution is 2.22. The summed E-state index contributed by atoms with van der Waals surface area (Å²) in [5, 5.41) is 64.6. The predicted molar refractivity (Wildman–Crippen MR) is 543 cm³/mol. The highest BCUT2D eigenvalue weighted by molar-refractivity contribution is 14.1. The Kier molecular flexibility index (Phi) is 66.8. The number of thiocarbonyl (C=S) groups is 1. The summed E-state index contributed by atoms with van der Waals surface area (Å²) in [6.07, 6.45) is 7.79. The molecule has 1 aliphatic heterocycles. The van der Waals surface area contributed by atoms with E-state index in [0.29, 0.717) is 224 Å². The third-order valence-electron chi connectivity index (χ3n) is 21.8. The number of rotatable bonds is 81. The van der Waals surface area contributed by atoms with Crippen molar-refractivity contribution in [2.24, 2.45) is 22.9 Å². The molecular formula is C94H150IN21O27S. The molecule has 0 spiro atoms. The van der Waals surface area contributed by atoms with E-state index in [9.17, 15) is 72.5 Å². The van der Waals surface area contributed by atoms with Crippen LogP contribution in [0, 0.1) is 3.57 Å². The molecule has 806 valence electrons. The Labute approximate surface area is 859 Å². The first kappa shape index (κ1) is 124. The Morgan fingerprint density at radius 1 is 0.410 bits per heavy atom. The number of hydrogen-bond acceptors (Lipinski definition) is 31. The molecule has 1 aromatic heterocycles. The van der Waals surface area contributed by atoms with E-state index in [2.05, 4.69) is 98.2 Å². The molecule has 2 heterocycles. The highest BCUT2D eigenvalue weighted by atomic mass is 127. The van der Waals surface area contributed by atoms with Crippen LogP contribution in [0.5, 0.6) is 0 Å². The molecule has 1 fully saturated rings. The molecule has 3 aromatic carbocycles. The topological polar surface area (TPSA) is 652 Å². The minimum atomic E-state index is -1.22. The number of anilines is 2. The SMILES string of the molecule is NC(=O)CN1CCN(CC(N)=O)CCN(CC(N)=O)C(Cc2ccc(NC(=S)NCCCCC(NC(=O)CCOCCOCCOCCn3cc(-c4cccc(NC(=O)NCCCCC(NC(=O)NCCCC(=O)O)C(=O)O)c4)nn3)C(=O)NCCOCCOCCOCCOCCOCCOCCOCCOCCC(=O)NC(CCCCNC(=O)CCCc3ccc(I)cc3)C(=O)O)cc2)CN(CC(N)=O)CC1. The number of ether oxygens (including phenoxy) is 11. The van der Waals surface area contributed by atoms with Gasteiger partial charge in [0.1, 0.15) is 23.8 Å². The third kappa shape index (κ3) is 62.9. The van der Waals surface area contributed by atoms with Crippen LogP contribution in [0.1, 0.15) is 107 Å². The molecule has 4 atom stereocenters. The molecule has 50 heteroatoms. The number of nitrogens with zero attached hydrogens (tertiary/aromatic N) is 7. The van der Waals surface area contributed by atoms with Gasteiger partial charge < -0.3 is 144 Å². The van der Waals surface area contributed by atoms with Crippen LogP contribution in [-0.4, -0.2) is 406 Å². The van der Waals surface area contributed by atoms with E-state index in [1.165, 1.54) is 5.56 Å². The number of benzene rings is 3. The molecule has 48 nitrogen and oxygen atoms in total. The molecule has 0 bridgehead atoms. The van der Waals surface area contributed by atoms with Gasteiger partial charge in [-0.05, 0) is 166 Å². The predicted octanol–water partition coefficient (Wildman–Crippen LogP) is 0.132. The quantitative estimate of drug-likeness (QED) is 0.0159. The summed E-state index contributed by atoms with van der Waals surface area (Å²) in [4.78, 5) is 167.